The Morgan fingerprint density at radius 2 is 1.62 bits per heavy atom. The number of primary amides is 1. The lowest BCUT2D eigenvalue weighted by Gasteiger charge is -2.34. The van der Waals surface area contributed by atoms with Crippen molar-refractivity contribution in [3.8, 4) is 22.1 Å². The third kappa shape index (κ3) is 19.7. The summed E-state index contributed by atoms with van der Waals surface area (Å²) in [7, 11) is 5.17. The van der Waals surface area contributed by atoms with Crippen molar-refractivity contribution in [2.45, 2.75) is 176 Å². The molecule has 0 unspecified atom stereocenters. The average Bonchev–Trinajstić information content (AvgIpc) is 1.64. The number of rotatable bonds is 23. The van der Waals surface area contributed by atoms with E-state index in [0.717, 1.165) is 23.4 Å². The number of phenols is 1. The Labute approximate surface area is 617 Å². The van der Waals surface area contributed by atoms with Crippen molar-refractivity contribution >= 4 is 117 Å². The molecule has 3 aromatic carbocycles. The number of urea groups is 1. The first-order valence-corrected chi connectivity index (χ1v) is 37.1. The molecule has 1 fully saturated rings. The number of allylic oxidation sites excluding steroid dienone is 3. The number of aromatic nitrogens is 1. The zero-order chi connectivity index (χ0) is 76.1. The van der Waals surface area contributed by atoms with Crippen LogP contribution in [0.3, 0.4) is 0 Å². The minimum Gasteiger partial charge on any atom is -0.507 e. The summed E-state index contributed by atoms with van der Waals surface area (Å²) in [6, 6.07) is 9.26. The summed E-state index contributed by atoms with van der Waals surface area (Å²) in [5.74, 6) is -5.85. The number of hydrogen-bond donors (Lipinski definition) is 8. The van der Waals surface area contributed by atoms with Gasteiger partial charge in [-0.1, -0.05) is 87.2 Å². The number of fused-ring (bicyclic) bond motifs is 2. The summed E-state index contributed by atoms with van der Waals surface area (Å²) in [6.07, 6.45) is 14.5. The lowest BCUT2D eigenvalue weighted by atomic mass is 9.82. The molecule has 0 radical (unpaired) electrons. The van der Waals surface area contributed by atoms with Crippen LogP contribution in [0.25, 0.3) is 31.6 Å². The number of amides is 9. The molecule has 6 aliphatic rings. The van der Waals surface area contributed by atoms with Crippen LogP contribution in [0.1, 0.15) is 148 Å². The van der Waals surface area contributed by atoms with Gasteiger partial charge in [0.2, 0.25) is 23.2 Å². The van der Waals surface area contributed by atoms with E-state index in [0.29, 0.717) is 83.6 Å². The summed E-state index contributed by atoms with van der Waals surface area (Å²) in [6.45, 7) is 19.9. The number of hydrogen-bond acceptors (Lipinski definition) is 19. The van der Waals surface area contributed by atoms with Crippen LogP contribution in [0.5, 0.6) is 11.5 Å². The minimum absolute atomic E-state index is 0.00942. The Hall–Kier alpha value is -9.56. The Balaban J connectivity index is 0.862. The summed E-state index contributed by atoms with van der Waals surface area (Å²) < 4.78 is 31.4. The van der Waals surface area contributed by atoms with Gasteiger partial charge < -0.3 is 71.3 Å². The number of phenolic OH excluding ortho intramolecular Hbond substituents is 1. The number of aromatic hydroxyl groups is 1. The number of ketones is 1. The van der Waals surface area contributed by atoms with Crippen LogP contribution < -0.4 is 52.7 Å². The van der Waals surface area contributed by atoms with Crippen LogP contribution in [-0.2, 0) is 54.3 Å². The third-order valence-electron chi connectivity index (χ3n) is 19.6. The quantitative estimate of drug-likeness (QED) is 0.00990. The van der Waals surface area contributed by atoms with Gasteiger partial charge in [-0.2, -0.15) is 0 Å². The van der Waals surface area contributed by atoms with E-state index in [2.05, 4.69) is 66.4 Å². The second-order valence-electron chi connectivity index (χ2n) is 28.3. The van der Waals surface area contributed by atoms with Gasteiger partial charge in [0.05, 0.1) is 55.7 Å². The number of alkyl carbamates (subject to hydrolysis) is 1. The highest BCUT2D eigenvalue weighted by Crippen LogP contribution is 2.52. The number of benzene rings is 4. The van der Waals surface area contributed by atoms with Crippen molar-refractivity contribution in [3.63, 3.8) is 0 Å². The standard InChI is InChI=1S/C77H97N10O16PS/c1-41(2)63(84-57(88)20-13-12-14-33-87-58(89)27-28-59(87)90)74(96)83-54(19-16-32-79-75(78)97)73(95)80-50-23-21-49(22-24-50)40-100-76(98)81-51-29-34-86(35-30-51)52-25-26-53-56(39-52)105-70-64(82-53)60-61-66(91)47(8)69-62(60)71(93)77(10,103-69)101-36-31-55(99-11)46(7)68(102-48(9)104)45(6)38-43(4)37-42(3)17-15-18-44(5)72(94)85-65(70)67(61)92/h15,17-18,21-28,31,36,39,41-43,45-46,51,54-55,63,68,91,104H,12-14,16,19-20,29-30,32-35,37-38,40H2,1-11H3,(H,80,95)(H,81,98)(H,83,96)(H,84,88)(H,85,94)(H3,78,79,97)/b17-15+,36-31+,44-18-/t42-,43+,45+,46+,54-,55-,63-,68-,77-/m0/s1. The molecular weight excluding hydrogens is 1380 g/mol. The van der Waals surface area contributed by atoms with E-state index in [9.17, 15) is 43.5 Å². The number of ether oxygens (including phenoxy) is 5. The molecule has 0 aromatic heterocycles. The van der Waals surface area contributed by atoms with Crippen LogP contribution in [0.2, 0.25) is 0 Å². The van der Waals surface area contributed by atoms with Crippen LogP contribution in [-0.4, -0.2) is 143 Å². The van der Waals surface area contributed by atoms with Crippen molar-refractivity contribution in [3.05, 3.63) is 118 Å². The number of carbonyl (C=O) groups is 9. The number of piperidine rings is 1. The Morgan fingerprint density at radius 3 is 2.30 bits per heavy atom. The first kappa shape index (κ1) is 79.6. The molecular formula is C77H97N10O16PS. The smallest absolute Gasteiger partial charge is 0.407 e. The van der Waals surface area contributed by atoms with Gasteiger partial charge in [0.25, 0.3) is 23.5 Å². The largest absolute Gasteiger partial charge is 0.507 e. The van der Waals surface area contributed by atoms with Crippen LogP contribution in [0, 0.1) is 36.5 Å². The van der Waals surface area contributed by atoms with E-state index in [4.69, 9.17) is 34.4 Å². The van der Waals surface area contributed by atoms with Crippen molar-refractivity contribution in [1.29, 1.82) is 0 Å². The number of carbonyl (C=O) groups excluding carboxylic acids is 9. The molecule has 9 rings (SSSR count). The SMILES string of the molecule is CO[C@H]1/C=C/O[C@@]2(C)Oc3c(C)c(O)c4c(=O)c(c5sc6cc(N7CCC(NC(=O)OCc8ccc(NC(=O)[C@H](CCCNC(N)=O)NC(=O)[C@@H](NC(=O)CCCCCN9C(=O)C=CC9=O)C(C)C)cc8)CC7)ccc6nc-5c4c3C2=O)NC(=O)/C(C)=C\C=C\[C@H](C)C[C@@H](C)C[C@@H](C)[C@H](OC(C)=P)[C@@H]1C. The second kappa shape index (κ2) is 35.5. The normalized spacial score (nSPS) is 22.8. The summed E-state index contributed by atoms with van der Waals surface area (Å²) >= 11 is 1.20. The predicted octanol–water partition coefficient (Wildman–Crippen LogP) is 10.6. The number of imide groups is 1. The Kier molecular flexibility index (Phi) is 26.9. The van der Waals surface area contributed by atoms with E-state index in [-0.39, 0.29) is 136 Å². The number of Topliss-reactive ketones (excluding diaryl/α,β-unsaturated/α-hetero) is 1. The lowest BCUT2D eigenvalue weighted by molar-refractivity contribution is -0.137. The van der Waals surface area contributed by atoms with Crippen molar-refractivity contribution in [1.82, 2.24) is 31.2 Å². The molecule has 9 atom stereocenters. The minimum atomic E-state index is -1.96. The van der Waals surface area contributed by atoms with Gasteiger partial charge in [-0.3, -0.25) is 43.3 Å². The Morgan fingerprint density at radius 1 is 0.905 bits per heavy atom. The molecule has 5 aliphatic heterocycles. The first-order chi connectivity index (χ1) is 49.9. The van der Waals surface area contributed by atoms with Crippen molar-refractivity contribution < 1.29 is 71.9 Å². The molecule has 1 aliphatic carbocycles. The van der Waals surface area contributed by atoms with Crippen LogP contribution in [0.15, 0.2) is 95.6 Å². The van der Waals surface area contributed by atoms with Gasteiger partial charge in [0.1, 0.15) is 35.9 Å². The summed E-state index contributed by atoms with van der Waals surface area (Å²) in [5, 5.41) is 28.6. The van der Waals surface area contributed by atoms with Crippen molar-refractivity contribution in [2.24, 2.45) is 35.3 Å². The molecule has 562 valence electrons. The van der Waals surface area contributed by atoms with E-state index in [1.54, 1.807) is 71.2 Å². The number of nitrogens with one attached hydrogen (secondary N) is 6. The van der Waals surface area contributed by atoms with Gasteiger partial charge in [0, 0.05) is 98.6 Å². The zero-order valence-corrected chi connectivity index (χ0v) is 63.2. The van der Waals surface area contributed by atoms with Gasteiger partial charge >= 0.3 is 17.9 Å². The summed E-state index contributed by atoms with van der Waals surface area (Å²) in [5.41, 5.74) is 7.96. The molecule has 0 spiro atoms. The number of nitrogens with two attached hydrogens (primary N) is 1. The van der Waals surface area contributed by atoms with Gasteiger partial charge in [0.15, 0.2) is 0 Å². The van der Waals surface area contributed by atoms with E-state index in [1.807, 2.05) is 44.2 Å². The van der Waals surface area contributed by atoms with Gasteiger partial charge in [-0.25, -0.2) is 14.6 Å². The summed E-state index contributed by atoms with van der Waals surface area (Å²) in [4.78, 5) is 142. The molecule has 9 N–H and O–H groups in total. The highest BCUT2D eigenvalue weighted by atomic mass is 32.1. The molecule has 4 bridgehead atoms. The van der Waals surface area contributed by atoms with E-state index in [1.165, 1.54) is 36.7 Å². The fraction of sp³-hybridized carbons (Fsp3) is 0.481. The highest BCUT2D eigenvalue weighted by molar-refractivity contribution is 7.22. The monoisotopic (exact) mass is 1480 g/mol. The first-order valence-electron chi connectivity index (χ1n) is 35.8. The number of nitrogens with zero attached hydrogens (tertiary/aromatic N) is 3. The third-order valence-corrected chi connectivity index (χ3v) is 20.9. The Bertz CT molecular complexity index is 4280. The maximum Gasteiger partial charge on any atom is 0.407 e. The molecule has 26 nitrogen and oxygen atoms in total. The molecule has 9 amide bonds. The zero-order valence-electron chi connectivity index (χ0n) is 61.4. The van der Waals surface area contributed by atoms with Gasteiger partial charge in [-0.15, -0.1) is 11.3 Å². The number of methoxy groups -OCH3 is 1. The highest BCUT2D eigenvalue weighted by Gasteiger charge is 2.50. The fourth-order valence-corrected chi connectivity index (χ4v) is 15.2. The van der Waals surface area contributed by atoms with E-state index < -0.39 is 70.8 Å². The topological polar surface area (TPSA) is 355 Å². The fourth-order valence-electron chi connectivity index (χ4n) is 13.9. The number of unbranched alkanes of at least 4 members (excludes halogenated alkanes) is 2. The second-order valence-corrected chi connectivity index (χ2v) is 30.1. The molecule has 0 saturated carbocycles. The number of anilines is 3. The lowest BCUT2D eigenvalue weighted by Crippen LogP contribution is -2.54. The van der Waals surface area contributed by atoms with E-state index >= 15 is 9.59 Å². The molecule has 28 heteroatoms. The molecule has 5 heterocycles. The maximum atomic E-state index is 15.2. The average molecular weight is 1480 g/mol. The van der Waals surface area contributed by atoms with Gasteiger partial charge in [-0.05, 0) is 138 Å². The molecule has 3 aromatic rings. The van der Waals surface area contributed by atoms with Crippen molar-refractivity contribution in [2.75, 3.05) is 48.8 Å². The predicted molar refractivity (Wildman–Crippen MR) is 406 cm³/mol. The molecule has 105 heavy (non-hydrogen) atoms. The maximum absolute atomic E-state index is 15.2. The molecule has 1 saturated heterocycles. The van der Waals surface area contributed by atoms with Crippen LogP contribution >= 0.6 is 20.2 Å². The van der Waals surface area contributed by atoms with Crippen LogP contribution in [0.4, 0.5) is 26.7 Å².